The number of imidazole rings is 1. The number of carboxylic acids is 1. The van der Waals surface area contributed by atoms with Crippen LogP contribution in [0.15, 0.2) is 28.7 Å². The number of carboxylic acid groups (broad SMARTS) is 1. The predicted molar refractivity (Wildman–Crippen MR) is 75.4 cm³/mol. The van der Waals surface area contributed by atoms with Gasteiger partial charge >= 0.3 is 5.97 Å². The molecule has 2 aromatic rings. The van der Waals surface area contributed by atoms with Crippen molar-refractivity contribution in [2.75, 3.05) is 11.9 Å². The van der Waals surface area contributed by atoms with Crippen LogP contribution in [0.5, 0.6) is 0 Å². The van der Waals surface area contributed by atoms with E-state index < -0.39 is 5.97 Å². The summed E-state index contributed by atoms with van der Waals surface area (Å²) in [6.07, 6.45) is 0.904. The first-order chi connectivity index (χ1) is 9.16. The average molecular weight is 322 g/mol. The molecule has 0 saturated carbocycles. The highest BCUT2D eigenvalue weighted by atomic mass is 79.9. The second-order valence-electron chi connectivity index (χ2n) is 4.38. The molecule has 19 heavy (non-hydrogen) atoms. The van der Waals surface area contributed by atoms with Gasteiger partial charge in [0.2, 0.25) is 5.95 Å². The Morgan fingerprint density at radius 3 is 3.05 bits per heavy atom. The van der Waals surface area contributed by atoms with E-state index in [4.69, 9.17) is 0 Å². The molecule has 3 rings (SSSR count). The normalized spacial score (nSPS) is 13.7. The molecule has 0 bridgehead atoms. The topological polar surface area (TPSA) is 67.1 Å². The van der Waals surface area contributed by atoms with Gasteiger partial charge in [-0.25, -0.2) is 9.78 Å². The third kappa shape index (κ3) is 2.12. The van der Waals surface area contributed by atoms with Crippen molar-refractivity contribution in [2.45, 2.75) is 13.0 Å². The fraction of sp³-hybridized carbons (Fsp3) is 0.231. The number of rotatable bonds is 2. The molecule has 1 aliphatic rings. The van der Waals surface area contributed by atoms with Crippen LogP contribution in [0.3, 0.4) is 0 Å². The molecule has 0 unspecified atom stereocenters. The molecule has 0 atom stereocenters. The van der Waals surface area contributed by atoms with Crippen LogP contribution in [-0.4, -0.2) is 27.2 Å². The highest BCUT2D eigenvalue weighted by molar-refractivity contribution is 9.10. The van der Waals surface area contributed by atoms with Crippen molar-refractivity contribution in [3.8, 4) is 11.3 Å². The molecule has 0 spiro atoms. The zero-order chi connectivity index (χ0) is 13.4. The van der Waals surface area contributed by atoms with Crippen LogP contribution in [0, 0.1) is 0 Å². The Bertz CT molecular complexity index is 651. The van der Waals surface area contributed by atoms with Gasteiger partial charge in [-0.1, -0.05) is 28.1 Å². The van der Waals surface area contributed by atoms with E-state index in [1.807, 2.05) is 24.3 Å². The van der Waals surface area contributed by atoms with E-state index >= 15 is 0 Å². The lowest BCUT2D eigenvalue weighted by Crippen LogP contribution is -2.20. The SMILES string of the molecule is O=C(O)c1c(-c2cccc(Br)c2)nc2n1CCCN2. The second-order valence-corrected chi connectivity index (χ2v) is 5.30. The number of halogens is 1. The number of carbonyl (C=O) groups is 1. The Kier molecular flexibility index (Phi) is 3.02. The van der Waals surface area contributed by atoms with Crippen molar-refractivity contribution in [1.29, 1.82) is 0 Å². The molecule has 0 amide bonds. The molecular formula is C13H12BrN3O2. The van der Waals surface area contributed by atoms with E-state index in [9.17, 15) is 9.90 Å². The number of nitrogens with zero attached hydrogens (tertiary/aromatic N) is 2. The molecule has 98 valence electrons. The molecule has 1 aromatic heterocycles. The summed E-state index contributed by atoms with van der Waals surface area (Å²) < 4.78 is 2.64. The molecular weight excluding hydrogens is 310 g/mol. The van der Waals surface area contributed by atoms with Gasteiger partial charge < -0.3 is 15.0 Å². The predicted octanol–water partition coefficient (Wildman–Crippen LogP) is 2.83. The summed E-state index contributed by atoms with van der Waals surface area (Å²) in [5, 5.41) is 12.6. The lowest BCUT2D eigenvalue weighted by molar-refractivity contribution is 0.0686. The van der Waals surface area contributed by atoms with Gasteiger partial charge in [0.05, 0.1) is 0 Å². The van der Waals surface area contributed by atoms with Crippen molar-refractivity contribution >= 4 is 27.8 Å². The maximum Gasteiger partial charge on any atom is 0.354 e. The van der Waals surface area contributed by atoms with Gasteiger partial charge in [-0.05, 0) is 18.6 Å². The summed E-state index contributed by atoms with van der Waals surface area (Å²) in [5.74, 6) is -0.309. The Hall–Kier alpha value is -1.82. The van der Waals surface area contributed by atoms with Gasteiger partial charge in [0, 0.05) is 23.1 Å². The number of anilines is 1. The monoisotopic (exact) mass is 321 g/mol. The summed E-state index contributed by atoms with van der Waals surface area (Å²) in [6, 6.07) is 7.52. The highest BCUT2D eigenvalue weighted by Gasteiger charge is 2.25. The third-order valence-corrected chi connectivity index (χ3v) is 3.60. The van der Waals surface area contributed by atoms with Crippen LogP contribution in [0.4, 0.5) is 5.95 Å². The Morgan fingerprint density at radius 1 is 1.47 bits per heavy atom. The maximum atomic E-state index is 11.5. The number of fused-ring (bicyclic) bond motifs is 1. The fourth-order valence-corrected chi connectivity index (χ4v) is 2.70. The molecule has 2 N–H and O–H groups in total. The zero-order valence-corrected chi connectivity index (χ0v) is 11.6. The Labute approximate surface area is 118 Å². The molecule has 6 heteroatoms. The lowest BCUT2D eigenvalue weighted by Gasteiger charge is -2.16. The van der Waals surface area contributed by atoms with E-state index in [0.29, 0.717) is 18.2 Å². The van der Waals surface area contributed by atoms with Crippen LogP contribution in [0.1, 0.15) is 16.9 Å². The number of nitrogens with one attached hydrogen (secondary N) is 1. The van der Waals surface area contributed by atoms with Crippen LogP contribution in [0.25, 0.3) is 11.3 Å². The van der Waals surface area contributed by atoms with E-state index in [2.05, 4.69) is 26.2 Å². The molecule has 0 fully saturated rings. The quantitative estimate of drug-likeness (QED) is 0.892. The van der Waals surface area contributed by atoms with Gasteiger partial charge in [0.15, 0.2) is 5.69 Å². The van der Waals surface area contributed by atoms with Crippen molar-refractivity contribution in [3.63, 3.8) is 0 Å². The van der Waals surface area contributed by atoms with Gasteiger partial charge in [0.1, 0.15) is 5.69 Å². The van der Waals surface area contributed by atoms with E-state index in [1.54, 1.807) is 4.57 Å². The Balaban J connectivity index is 2.20. The van der Waals surface area contributed by atoms with Gasteiger partial charge in [0.25, 0.3) is 0 Å². The molecule has 2 heterocycles. The summed E-state index contributed by atoms with van der Waals surface area (Å²) in [4.78, 5) is 15.9. The molecule has 1 aliphatic heterocycles. The number of aromatic nitrogens is 2. The minimum atomic E-state index is -0.947. The first-order valence-electron chi connectivity index (χ1n) is 6.00. The summed E-state index contributed by atoms with van der Waals surface area (Å²) in [6.45, 7) is 1.51. The minimum Gasteiger partial charge on any atom is -0.477 e. The van der Waals surface area contributed by atoms with Crippen molar-refractivity contribution in [3.05, 3.63) is 34.4 Å². The minimum absolute atomic E-state index is 0.250. The summed E-state index contributed by atoms with van der Waals surface area (Å²) in [7, 11) is 0. The average Bonchev–Trinajstić information content (AvgIpc) is 2.78. The van der Waals surface area contributed by atoms with Crippen molar-refractivity contribution in [1.82, 2.24) is 9.55 Å². The van der Waals surface area contributed by atoms with Crippen LogP contribution < -0.4 is 5.32 Å². The van der Waals surface area contributed by atoms with Crippen molar-refractivity contribution in [2.24, 2.45) is 0 Å². The first kappa shape index (κ1) is 12.2. The summed E-state index contributed by atoms with van der Waals surface area (Å²) in [5.41, 5.74) is 1.56. The third-order valence-electron chi connectivity index (χ3n) is 3.11. The van der Waals surface area contributed by atoms with E-state index in [0.717, 1.165) is 23.0 Å². The molecule has 0 radical (unpaired) electrons. The second kappa shape index (κ2) is 4.70. The van der Waals surface area contributed by atoms with E-state index in [-0.39, 0.29) is 5.69 Å². The summed E-state index contributed by atoms with van der Waals surface area (Å²) >= 11 is 3.40. The van der Waals surface area contributed by atoms with Crippen LogP contribution >= 0.6 is 15.9 Å². The molecule has 0 saturated heterocycles. The van der Waals surface area contributed by atoms with Gasteiger partial charge in [-0.2, -0.15) is 0 Å². The van der Waals surface area contributed by atoms with Crippen molar-refractivity contribution < 1.29 is 9.90 Å². The largest absolute Gasteiger partial charge is 0.477 e. The number of hydrogen-bond donors (Lipinski definition) is 2. The zero-order valence-electron chi connectivity index (χ0n) is 10.1. The van der Waals surface area contributed by atoms with Crippen LogP contribution in [-0.2, 0) is 6.54 Å². The highest BCUT2D eigenvalue weighted by Crippen LogP contribution is 2.30. The molecule has 1 aromatic carbocycles. The first-order valence-corrected chi connectivity index (χ1v) is 6.80. The fourth-order valence-electron chi connectivity index (χ4n) is 2.30. The van der Waals surface area contributed by atoms with Gasteiger partial charge in [-0.3, -0.25) is 0 Å². The smallest absolute Gasteiger partial charge is 0.354 e. The lowest BCUT2D eigenvalue weighted by atomic mass is 10.1. The number of benzene rings is 1. The standard InChI is InChI=1S/C13H12BrN3O2/c14-9-4-1-3-8(7-9)10-11(12(18)19)17-6-2-5-15-13(17)16-10/h1,3-4,7H,2,5-6H2,(H,15,16)(H,18,19). The number of hydrogen-bond acceptors (Lipinski definition) is 3. The maximum absolute atomic E-state index is 11.5. The Morgan fingerprint density at radius 2 is 2.32 bits per heavy atom. The van der Waals surface area contributed by atoms with Crippen LogP contribution in [0.2, 0.25) is 0 Å². The van der Waals surface area contributed by atoms with E-state index in [1.165, 1.54) is 0 Å². The molecule has 0 aliphatic carbocycles. The number of aromatic carboxylic acids is 1. The molecule has 5 nitrogen and oxygen atoms in total. The van der Waals surface area contributed by atoms with Gasteiger partial charge in [-0.15, -0.1) is 0 Å².